The SMILES string of the molecule is CCOC1CCC(=[N+]2C=C(NC(=O)c3csc(-c4cnn(C5OC(CO)C6(O)C(O)C(O)C56)c4)n3)C(c3nc(F)ccc3F)=N2)CC1. The van der Waals surface area contributed by atoms with E-state index in [0.29, 0.717) is 30.0 Å². The molecule has 6 atom stereocenters. The molecular formula is C30H32F2N7O7S+. The molecule has 1 saturated heterocycles. The Morgan fingerprint density at radius 2 is 2.04 bits per heavy atom. The highest BCUT2D eigenvalue weighted by molar-refractivity contribution is 7.13. The molecule has 4 aliphatic rings. The van der Waals surface area contributed by atoms with E-state index in [0.717, 1.165) is 42.0 Å². The van der Waals surface area contributed by atoms with Crippen molar-refractivity contribution in [2.45, 2.75) is 68.9 Å². The summed E-state index contributed by atoms with van der Waals surface area (Å²) in [6.07, 6.45) is 2.79. The predicted molar refractivity (Wildman–Crippen MR) is 160 cm³/mol. The molecule has 0 aromatic carbocycles. The summed E-state index contributed by atoms with van der Waals surface area (Å²) >= 11 is 1.15. The smallest absolute Gasteiger partial charge is 0.275 e. The summed E-state index contributed by atoms with van der Waals surface area (Å²) in [5, 5.41) is 54.4. The van der Waals surface area contributed by atoms with Crippen molar-refractivity contribution in [3.63, 3.8) is 0 Å². The number of hydrazone groups is 1. The molecule has 2 saturated carbocycles. The van der Waals surface area contributed by atoms with Gasteiger partial charge in [-0.15, -0.1) is 11.3 Å². The molecule has 17 heteroatoms. The number of hydrogen-bond acceptors (Lipinski definition) is 12. The van der Waals surface area contributed by atoms with E-state index in [9.17, 15) is 34.0 Å². The first-order valence-electron chi connectivity index (χ1n) is 15.2. The number of fused-ring (bicyclic) bond motifs is 1. The zero-order valence-corrected chi connectivity index (χ0v) is 25.8. The quantitative estimate of drug-likeness (QED) is 0.171. The van der Waals surface area contributed by atoms with Crippen molar-refractivity contribution >= 4 is 28.7 Å². The molecule has 2 aliphatic carbocycles. The van der Waals surface area contributed by atoms with Gasteiger partial charge >= 0.3 is 0 Å². The van der Waals surface area contributed by atoms with Crippen molar-refractivity contribution in [1.82, 2.24) is 25.1 Å². The highest BCUT2D eigenvalue weighted by Crippen LogP contribution is 2.54. The van der Waals surface area contributed by atoms with Crippen molar-refractivity contribution in [1.29, 1.82) is 0 Å². The number of nitrogens with zero attached hydrogens (tertiary/aromatic N) is 6. The van der Waals surface area contributed by atoms with Crippen molar-refractivity contribution in [2.75, 3.05) is 13.2 Å². The topological polar surface area (TPSA) is 187 Å². The number of halogens is 2. The lowest BCUT2D eigenvalue weighted by Gasteiger charge is -2.50. The maximum atomic E-state index is 14.8. The van der Waals surface area contributed by atoms with E-state index in [-0.39, 0.29) is 28.9 Å². The van der Waals surface area contributed by atoms with Gasteiger partial charge in [0.25, 0.3) is 5.91 Å². The van der Waals surface area contributed by atoms with E-state index in [2.05, 4.69) is 25.5 Å². The summed E-state index contributed by atoms with van der Waals surface area (Å²) in [6.45, 7) is 2.00. The van der Waals surface area contributed by atoms with E-state index in [4.69, 9.17) is 9.47 Å². The van der Waals surface area contributed by atoms with Gasteiger partial charge in [-0.1, -0.05) is 4.68 Å². The van der Waals surface area contributed by atoms with E-state index in [1.807, 2.05) is 6.92 Å². The van der Waals surface area contributed by atoms with E-state index < -0.39 is 60.3 Å². The summed E-state index contributed by atoms with van der Waals surface area (Å²) in [7, 11) is 0. The lowest BCUT2D eigenvalue weighted by Crippen LogP contribution is -2.72. The summed E-state index contributed by atoms with van der Waals surface area (Å²) < 4.78 is 43.3. The Hall–Kier alpha value is -3.84. The largest absolute Gasteiger partial charge is 0.394 e. The Kier molecular flexibility index (Phi) is 8.32. The Bertz CT molecular complexity index is 1800. The molecular weight excluding hydrogens is 640 g/mol. The molecule has 1 amide bonds. The highest BCUT2D eigenvalue weighted by atomic mass is 32.1. The number of amides is 1. The third-order valence-electron chi connectivity index (χ3n) is 9.07. The second-order valence-corrected chi connectivity index (χ2v) is 12.6. The fourth-order valence-electron chi connectivity index (χ4n) is 6.63. The van der Waals surface area contributed by atoms with Crippen LogP contribution in [0.5, 0.6) is 0 Å². The maximum Gasteiger partial charge on any atom is 0.275 e. The van der Waals surface area contributed by atoms with Crippen LogP contribution in [0, 0.1) is 17.7 Å². The number of carbonyl (C=O) groups excluding carboxylic acids is 1. The number of aliphatic hydroxyl groups excluding tert-OH is 3. The van der Waals surface area contributed by atoms with E-state index >= 15 is 0 Å². The number of nitrogens with one attached hydrogen (secondary N) is 1. The van der Waals surface area contributed by atoms with Gasteiger partial charge in [-0.3, -0.25) is 4.79 Å². The molecule has 6 unspecified atom stereocenters. The molecule has 2 aliphatic heterocycles. The van der Waals surface area contributed by atoms with E-state index in [1.165, 1.54) is 16.3 Å². The van der Waals surface area contributed by atoms with Crippen LogP contribution in [0.15, 0.2) is 46.9 Å². The Labute approximate surface area is 270 Å². The minimum absolute atomic E-state index is 0.0347. The number of rotatable bonds is 8. The van der Waals surface area contributed by atoms with Crippen molar-refractivity contribution in [3.8, 4) is 10.6 Å². The van der Waals surface area contributed by atoms with Crippen molar-refractivity contribution in [3.05, 3.63) is 65.0 Å². The van der Waals surface area contributed by atoms with Gasteiger partial charge in [0.2, 0.25) is 12.1 Å². The number of hydrogen-bond donors (Lipinski definition) is 5. The Morgan fingerprint density at radius 3 is 2.79 bits per heavy atom. The minimum atomic E-state index is -1.82. The van der Waals surface area contributed by atoms with E-state index in [1.54, 1.807) is 17.1 Å². The molecule has 3 aromatic heterocycles. The first-order chi connectivity index (χ1) is 22.6. The van der Waals surface area contributed by atoms with Gasteiger partial charge in [-0.25, -0.2) is 19.0 Å². The lowest BCUT2D eigenvalue weighted by molar-refractivity contribution is -0.461. The van der Waals surface area contributed by atoms with Crippen LogP contribution in [0.2, 0.25) is 0 Å². The number of ether oxygens (including phenoxy) is 2. The summed E-state index contributed by atoms with van der Waals surface area (Å²) in [4.78, 5) is 21.5. The third kappa shape index (κ3) is 5.41. The van der Waals surface area contributed by atoms with Crippen LogP contribution >= 0.6 is 11.3 Å². The molecule has 5 N–H and O–H groups in total. The molecule has 47 heavy (non-hydrogen) atoms. The monoisotopic (exact) mass is 672 g/mol. The fraction of sp³-hybridized carbons (Fsp3) is 0.467. The Morgan fingerprint density at radius 1 is 1.26 bits per heavy atom. The second kappa shape index (κ2) is 12.3. The fourth-order valence-corrected chi connectivity index (χ4v) is 7.41. The summed E-state index contributed by atoms with van der Waals surface area (Å²) in [5.41, 5.74) is -0.601. The normalized spacial score (nSPS) is 30.2. The molecule has 3 fully saturated rings. The van der Waals surface area contributed by atoms with Gasteiger partial charge in [0.1, 0.15) is 39.9 Å². The van der Waals surface area contributed by atoms with Gasteiger partial charge < -0.3 is 35.2 Å². The number of aliphatic hydroxyl groups is 4. The van der Waals surface area contributed by atoms with Crippen LogP contribution in [0.25, 0.3) is 10.6 Å². The molecule has 0 radical (unpaired) electrons. The number of aromatic nitrogens is 4. The second-order valence-electron chi connectivity index (χ2n) is 11.8. The number of carbonyl (C=O) groups is 1. The third-order valence-corrected chi connectivity index (χ3v) is 9.96. The Balaban J connectivity index is 1.11. The van der Waals surface area contributed by atoms with Crippen molar-refractivity contribution in [2.24, 2.45) is 11.0 Å². The first-order valence-corrected chi connectivity index (χ1v) is 16.0. The lowest BCUT2D eigenvalue weighted by atomic mass is 9.62. The van der Waals surface area contributed by atoms with Crippen LogP contribution in [0.4, 0.5) is 8.78 Å². The van der Waals surface area contributed by atoms with Crippen LogP contribution in [0.1, 0.15) is 55.0 Å². The van der Waals surface area contributed by atoms with Gasteiger partial charge in [-0.05, 0) is 31.9 Å². The average Bonchev–Trinajstić information content (AvgIpc) is 3.87. The van der Waals surface area contributed by atoms with Gasteiger partial charge in [0, 0.05) is 41.7 Å². The molecule has 0 bridgehead atoms. The van der Waals surface area contributed by atoms with Gasteiger partial charge in [-0.2, -0.15) is 9.49 Å². The van der Waals surface area contributed by atoms with Crippen LogP contribution < -0.4 is 5.32 Å². The standard InChI is InChI=1S/C30H31F2N7O7S/c1-2-45-16-5-3-15(4-6-16)38-11-18(24(37-38)23-17(31)7-8-21(32)36-23)34-27(43)19-13-47-28(35-19)14-9-33-39(10-14)29-22-25(41)26(42)30(22,44)20(12-40)46-29/h7-11,13,16,20,22,25-26,29,40-42,44H,2-6,12H2,1H3/p+1. The molecule has 14 nitrogen and oxygen atoms in total. The van der Waals surface area contributed by atoms with Crippen LogP contribution in [-0.2, 0) is 9.47 Å². The molecule has 7 rings (SSSR count). The highest BCUT2D eigenvalue weighted by Gasteiger charge is 2.72. The molecule has 5 heterocycles. The number of allylic oxidation sites excluding steroid dienone is 1. The molecule has 0 spiro atoms. The molecule has 248 valence electrons. The van der Waals surface area contributed by atoms with Gasteiger partial charge in [0.05, 0.1) is 30.9 Å². The van der Waals surface area contributed by atoms with Crippen LogP contribution in [-0.4, -0.2) is 105 Å². The number of thiazole rings is 1. The zero-order chi connectivity index (χ0) is 33.0. The maximum absolute atomic E-state index is 14.8. The van der Waals surface area contributed by atoms with Crippen LogP contribution in [0.3, 0.4) is 0 Å². The summed E-state index contributed by atoms with van der Waals surface area (Å²) in [6, 6.07) is 1.85. The summed E-state index contributed by atoms with van der Waals surface area (Å²) in [5.74, 6) is -3.25. The first kappa shape index (κ1) is 31.7. The van der Waals surface area contributed by atoms with Crippen molar-refractivity contribution < 1.29 is 48.2 Å². The average molecular weight is 673 g/mol. The minimum Gasteiger partial charge on any atom is -0.394 e. The molecule has 3 aromatic rings. The van der Waals surface area contributed by atoms with Gasteiger partial charge in [0.15, 0.2) is 23.5 Å². The number of pyridine rings is 1. The predicted octanol–water partition coefficient (Wildman–Crippen LogP) is 1.07. The zero-order valence-electron chi connectivity index (χ0n) is 25.0.